The summed E-state index contributed by atoms with van der Waals surface area (Å²) in [7, 11) is 1.62. The Balaban J connectivity index is 2.17. The summed E-state index contributed by atoms with van der Waals surface area (Å²) in [5.41, 5.74) is 0.897. The highest BCUT2D eigenvalue weighted by atomic mass is 35.5. The first-order chi connectivity index (χ1) is 9.09. The van der Waals surface area contributed by atoms with Crippen LogP contribution in [0.3, 0.4) is 0 Å². The van der Waals surface area contributed by atoms with E-state index in [4.69, 9.17) is 11.6 Å². The normalized spacial score (nSPS) is 10.3. The molecule has 2 aromatic carbocycles. The number of rotatable bonds is 3. The minimum Gasteiger partial charge on any atom is -0.337 e. The Morgan fingerprint density at radius 2 is 1.79 bits per heavy atom. The quantitative estimate of drug-likeness (QED) is 0.837. The average Bonchev–Trinajstić information content (AvgIpc) is 2.41. The predicted octanol–water partition coefficient (Wildman–Crippen LogP) is 3.75. The van der Waals surface area contributed by atoms with Gasteiger partial charge in [-0.2, -0.15) is 0 Å². The molecule has 4 heteroatoms. The molecule has 0 unspecified atom stereocenters. The van der Waals surface area contributed by atoms with Gasteiger partial charge in [-0.05, 0) is 18.2 Å². The van der Waals surface area contributed by atoms with Crippen molar-refractivity contribution in [2.24, 2.45) is 0 Å². The van der Waals surface area contributed by atoms with Gasteiger partial charge in [0.1, 0.15) is 5.82 Å². The monoisotopic (exact) mass is 277 g/mol. The molecule has 0 aliphatic carbocycles. The third kappa shape index (κ3) is 3.12. The van der Waals surface area contributed by atoms with E-state index < -0.39 is 0 Å². The standard InChI is InChI=1S/C15H13ClFNO/c1-18(10-11-6-2-5-9-14(11)17)15(19)12-7-3-4-8-13(12)16/h2-9H,10H2,1H3. The van der Waals surface area contributed by atoms with E-state index >= 15 is 0 Å². The van der Waals surface area contributed by atoms with Crippen LogP contribution >= 0.6 is 11.6 Å². The number of nitrogens with zero attached hydrogens (tertiary/aromatic N) is 1. The topological polar surface area (TPSA) is 20.3 Å². The second kappa shape index (κ2) is 5.85. The Kier molecular flexibility index (Phi) is 4.17. The van der Waals surface area contributed by atoms with Gasteiger partial charge >= 0.3 is 0 Å². The summed E-state index contributed by atoms with van der Waals surface area (Å²) in [5, 5.41) is 0.396. The molecule has 1 amide bonds. The summed E-state index contributed by atoms with van der Waals surface area (Å²) in [6.45, 7) is 0.205. The van der Waals surface area contributed by atoms with Crippen molar-refractivity contribution in [3.63, 3.8) is 0 Å². The number of halogens is 2. The van der Waals surface area contributed by atoms with Gasteiger partial charge in [-0.15, -0.1) is 0 Å². The summed E-state index contributed by atoms with van der Waals surface area (Å²) in [6.07, 6.45) is 0. The zero-order chi connectivity index (χ0) is 13.8. The first-order valence-electron chi connectivity index (χ1n) is 5.83. The smallest absolute Gasteiger partial charge is 0.255 e. The van der Waals surface area contributed by atoms with Crippen LogP contribution in [0.2, 0.25) is 5.02 Å². The first-order valence-corrected chi connectivity index (χ1v) is 6.21. The number of carbonyl (C=O) groups is 1. The van der Waals surface area contributed by atoms with Gasteiger partial charge in [0.25, 0.3) is 5.91 Å². The van der Waals surface area contributed by atoms with Gasteiger partial charge in [0.2, 0.25) is 0 Å². The maximum Gasteiger partial charge on any atom is 0.255 e. The van der Waals surface area contributed by atoms with Crippen LogP contribution in [0.25, 0.3) is 0 Å². The SMILES string of the molecule is CN(Cc1ccccc1F)C(=O)c1ccccc1Cl. The van der Waals surface area contributed by atoms with Gasteiger partial charge in [0.15, 0.2) is 0 Å². The van der Waals surface area contributed by atoms with Crippen molar-refractivity contribution < 1.29 is 9.18 Å². The third-order valence-corrected chi connectivity index (χ3v) is 3.15. The summed E-state index contributed by atoms with van der Waals surface area (Å²) in [5.74, 6) is -0.546. The maximum absolute atomic E-state index is 13.5. The number of benzene rings is 2. The molecule has 0 spiro atoms. The number of carbonyl (C=O) groups excluding carboxylic acids is 1. The minimum atomic E-state index is -0.318. The largest absolute Gasteiger partial charge is 0.337 e. The molecule has 0 radical (unpaired) electrons. The summed E-state index contributed by atoms with van der Waals surface area (Å²) >= 11 is 5.98. The molecule has 0 fully saturated rings. The van der Waals surface area contributed by atoms with Gasteiger partial charge in [0.05, 0.1) is 10.6 Å². The Bertz CT molecular complexity index is 600. The molecule has 98 valence electrons. The highest BCUT2D eigenvalue weighted by Gasteiger charge is 2.15. The fourth-order valence-electron chi connectivity index (χ4n) is 1.79. The van der Waals surface area contributed by atoms with Crippen molar-refractivity contribution in [1.82, 2.24) is 4.90 Å². The van der Waals surface area contributed by atoms with Crippen LogP contribution in [-0.2, 0) is 6.54 Å². The average molecular weight is 278 g/mol. The van der Waals surface area contributed by atoms with Crippen molar-refractivity contribution in [3.8, 4) is 0 Å². The highest BCUT2D eigenvalue weighted by Crippen LogP contribution is 2.18. The minimum absolute atomic E-state index is 0.205. The highest BCUT2D eigenvalue weighted by molar-refractivity contribution is 6.33. The number of hydrogen-bond acceptors (Lipinski definition) is 1. The fraction of sp³-hybridized carbons (Fsp3) is 0.133. The molecular weight excluding hydrogens is 265 g/mol. The molecule has 2 rings (SSSR count). The maximum atomic E-state index is 13.5. The van der Waals surface area contributed by atoms with Crippen LogP contribution in [0.1, 0.15) is 15.9 Å². The first kappa shape index (κ1) is 13.6. The number of hydrogen-bond donors (Lipinski definition) is 0. The Hall–Kier alpha value is -1.87. The second-order valence-corrected chi connectivity index (χ2v) is 4.64. The lowest BCUT2D eigenvalue weighted by molar-refractivity contribution is 0.0784. The van der Waals surface area contributed by atoms with Gasteiger partial charge in [-0.1, -0.05) is 41.9 Å². The molecule has 0 aliphatic rings. The summed E-state index contributed by atoms with van der Waals surface area (Å²) in [4.78, 5) is 13.6. The van der Waals surface area contributed by atoms with Crippen LogP contribution in [0, 0.1) is 5.82 Å². The van der Waals surface area contributed by atoms with Gasteiger partial charge in [-0.3, -0.25) is 4.79 Å². The van der Waals surface area contributed by atoms with E-state index in [0.29, 0.717) is 16.1 Å². The van der Waals surface area contributed by atoms with Gasteiger partial charge in [0, 0.05) is 19.2 Å². The molecule has 0 saturated carbocycles. The zero-order valence-corrected chi connectivity index (χ0v) is 11.2. The van der Waals surface area contributed by atoms with Crippen LogP contribution in [0.15, 0.2) is 48.5 Å². The van der Waals surface area contributed by atoms with E-state index in [1.165, 1.54) is 11.0 Å². The van der Waals surface area contributed by atoms with E-state index in [1.54, 1.807) is 49.5 Å². The van der Waals surface area contributed by atoms with E-state index in [-0.39, 0.29) is 18.3 Å². The number of amides is 1. The van der Waals surface area contributed by atoms with Crippen molar-refractivity contribution in [1.29, 1.82) is 0 Å². The van der Waals surface area contributed by atoms with Crippen molar-refractivity contribution in [2.75, 3.05) is 7.05 Å². The van der Waals surface area contributed by atoms with Crippen molar-refractivity contribution in [2.45, 2.75) is 6.54 Å². The van der Waals surface area contributed by atoms with Crippen LogP contribution in [0.5, 0.6) is 0 Å². The van der Waals surface area contributed by atoms with E-state index in [0.717, 1.165) is 0 Å². The zero-order valence-electron chi connectivity index (χ0n) is 10.4. The van der Waals surface area contributed by atoms with Gasteiger partial charge < -0.3 is 4.90 Å². The Morgan fingerprint density at radius 1 is 1.16 bits per heavy atom. The summed E-state index contributed by atoms with van der Waals surface area (Å²) < 4.78 is 13.5. The molecule has 0 aliphatic heterocycles. The van der Waals surface area contributed by atoms with Crippen molar-refractivity contribution in [3.05, 3.63) is 70.5 Å². The molecule has 0 aromatic heterocycles. The van der Waals surface area contributed by atoms with Crippen LogP contribution in [0.4, 0.5) is 4.39 Å². The molecule has 0 saturated heterocycles. The third-order valence-electron chi connectivity index (χ3n) is 2.82. The lowest BCUT2D eigenvalue weighted by Gasteiger charge is -2.18. The summed E-state index contributed by atoms with van der Waals surface area (Å²) in [6, 6.07) is 13.2. The molecular formula is C15H13ClFNO. The molecule has 0 heterocycles. The molecule has 2 aromatic rings. The Morgan fingerprint density at radius 3 is 2.47 bits per heavy atom. The second-order valence-electron chi connectivity index (χ2n) is 4.23. The van der Waals surface area contributed by atoms with Crippen LogP contribution in [-0.4, -0.2) is 17.9 Å². The van der Waals surface area contributed by atoms with Crippen LogP contribution < -0.4 is 0 Å². The molecule has 0 N–H and O–H groups in total. The molecule has 0 bridgehead atoms. The lowest BCUT2D eigenvalue weighted by Crippen LogP contribution is -2.26. The van der Waals surface area contributed by atoms with E-state index in [1.807, 2.05) is 0 Å². The fourth-order valence-corrected chi connectivity index (χ4v) is 2.01. The van der Waals surface area contributed by atoms with Gasteiger partial charge in [-0.25, -0.2) is 4.39 Å². The van der Waals surface area contributed by atoms with E-state index in [2.05, 4.69) is 0 Å². The Labute approximate surface area is 116 Å². The van der Waals surface area contributed by atoms with E-state index in [9.17, 15) is 9.18 Å². The molecule has 2 nitrogen and oxygen atoms in total. The molecule has 0 atom stereocenters. The lowest BCUT2D eigenvalue weighted by atomic mass is 10.1. The predicted molar refractivity (Wildman–Crippen MR) is 73.6 cm³/mol. The van der Waals surface area contributed by atoms with Crippen molar-refractivity contribution >= 4 is 17.5 Å². The molecule has 19 heavy (non-hydrogen) atoms.